The van der Waals surface area contributed by atoms with E-state index in [1.807, 2.05) is 0 Å². The van der Waals surface area contributed by atoms with Crippen LogP contribution < -0.4 is 11.1 Å². The van der Waals surface area contributed by atoms with Gasteiger partial charge in [0.1, 0.15) is 12.1 Å². The molecule has 0 saturated heterocycles. The minimum absolute atomic E-state index is 0.0230. The van der Waals surface area contributed by atoms with Crippen molar-refractivity contribution in [1.82, 2.24) is 5.32 Å². The summed E-state index contributed by atoms with van der Waals surface area (Å²) < 4.78 is 5.97. The quantitative estimate of drug-likeness (QED) is 0.0363. The van der Waals surface area contributed by atoms with Gasteiger partial charge in [-0.3, -0.25) is 9.59 Å². The molecule has 0 aromatic heterocycles. The number of carboxylic acids is 1. The number of esters is 1. The van der Waals surface area contributed by atoms with E-state index in [-0.39, 0.29) is 18.0 Å². The lowest BCUT2D eigenvalue weighted by atomic mass is 10.0. The van der Waals surface area contributed by atoms with Crippen molar-refractivity contribution in [3.63, 3.8) is 0 Å². The van der Waals surface area contributed by atoms with Crippen LogP contribution in [0.3, 0.4) is 0 Å². The fraction of sp³-hybridized carbons (Fsp3) is 0.821. The first kappa shape index (κ1) is 43.9. The minimum Gasteiger partial charge on any atom is -0.480 e. The summed E-state index contributed by atoms with van der Waals surface area (Å²) in [4.78, 5) is 36.1. The van der Waals surface area contributed by atoms with Crippen LogP contribution in [0.5, 0.6) is 0 Å². The number of nitrogens with one attached hydrogen (secondary N) is 1. The van der Waals surface area contributed by atoms with Gasteiger partial charge in [0.15, 0.2) is 0 Å². The third-order valence-corrected chi connectivity index (χ3v) is 8.52. The highest BCUT2D eigenvalue weighted by Crippen LogP contribution is 2.18. The average Bonchev–Trinajstić information content (AvgIpc) is 3.03. The number of carbonyl (C=O) groups is 3. The van der Waals surface area contributed by atoms with Crippen LogP contribution >= 0.6 is 0 Å². The predicted octanol–water partition coefficient (Wildman–Crippen LogP) is 10.1. The Morgan fingerprint density at radius 2 is 1.15 bits per heavy atom. The zero-order valence-electron chi connectivity index (χ0n) is 29.9. The molecule has 0 rings (SSSR count). The first-order chi connectivity index (χ1) is 22.4. The molecule has 1 amide bonds. The lowest BCUT2D eigenvalue weighted by molar-refractivity contribution is -0.150. The number of unbranched alkanes of at least 4 members (excludes halogenated alkanes) is 16. The molecule has 0 aliphatic carbocycles. The van der Waals surface area contributed by atoms with E-state index in [1.54, 1.807) is 0 Å². The molecular formula is C39H72N2O5. The van der Waals surface area contributed by atoms with Gasteiger partial charge >= 0.3 is 11.9 Å². The number of aliphatic carboxylic acids is 1. The summed E-state index contributed by atoms with van der Waals surface area (Å²) in [6, 6.07) is -0.858. The van der Waals surface area contributed by atoms with Crippen molar-refractivity contribution in [2.75, 3.05) is 6.54 Å². The molecule has 4 N–H and O–H groups in total. The van der Waals surface area contributed by atoms with Gasteiger partial charge in [-0.05, 0) is 83.6 Å². The number of carbonyl (C=O) groups excluding carboxylic acids is 2. The third kappa shape index (κ3) is 30.5. The summed E-state index contributed by atoms with van der Waals surface area (Å²) in [6.45, 7) is 4.89. The van der Waals surface area contributed by atoms with Crippen molar-refractivity contribution in [2.24, 2.45) is 5.73 Å². The molecule has 2 unspecified atom stereocenters. The molecular weight excluding hydrogens is 576 g/mol. The lowest BCUT2D eigenvalue weighted by Gasteiger charge is -2.18. The SMILES string of the molecule is CCCCC/C=C\C/C=C\CCCC(CCCCCCCC(=O)NC(CCCN)C(=O)O)OC(=O)CCCCCCCCCCC. The predicted molar refractivity (Wildman–Crippen MR) is 193 cm³/mol. The molecule has 0 aliphatic rings. The van der Waals surface area contributed by atoms with Gasteiger partial charge in [-0.15, -0.1) is 0 Å². The van der Waals surface area contributed by atoms with Gasteiger partial charge in [0.2, 0.25) is 5.91 Å². The molecule has 0 aromatic rings. The van der Waals surface area contributed by atoms with Crippen LogP contribution in [0, 0.1) is 0 Å². The van der Waals surface area contributed by atoms with E-state index in [1.165, 1.54) is 70.6 Å². The molecule has 46 heavy (non-hydrogen) atoms. The van der Waals surface area contributed by atoms with Gasteiger partial charge in [-0.1, -0.05) is 122 Å². The molecule has 7 heteroatoms. The van der Waals surface area contributed by atoms with Gasteiger partial charge in [0.05, 0.1) is 0 Å². The number of allylic oxidation sites excluding steroid dienone is 4. The first-order valence-corrected chi connectivity index (χ1v) is 19.2. The van der Waals surface area contributed by atoms with Crippen LogP contribution in [0.25, 0.3) is 0 Å². The average molecular weight is 649 g/mol. The molecule has 7 nitrogen and oxygen atoms in total. The summed E-state index contributed by atoms with van der Waals surface area (Å²) >= 11 is 0. The topological polar surface area (TPSA) is 119 Å². The Kier molecular flexibility index (Phi) is 32.6. The standard InChI is InChI=1S/C39H72N2O5/c1-3-5-7-9-11-13-14-16-17-20-24-29-35(46-38(43)33-27-23-18-15-12-10-8-6-4-2)30-25-21-19-22-26-32-37(42)41-36(39(44)45)31-28-34-40/h11,13,16-17,35-36H,3-10,12,14-15,18-34,40H2,1-2H3,(H,41,42)(H,44,45)/b13-11-,17-16-. The number of hydrogen-bond donors (Lipinski definition) is 3. The van der Waals surface area contributed by atoms with E-state index in [9.17, 15) is 19.5 Å². The largest absolute Gasteiger partial charge is 0.480 e. The summed E-state index contributed by atoms with van der Waals surface area (Å²) in [5, 5.41) is 11.9. The molecule has 2 atom stereocenters. The zero-order valence-corrected chi connectivity index (χ0v) is 29.9. The van der Waals surface area contributed by atoms with E-state index in [0.717, 1.165) is 77.0 Å². The molecule has 0 saturated carbocycles. The van der Waals surface area contributed by atoms with E-state index < -0.39 is 12.0 Å². The zero-order chi connectivity index (χ0) is 33.9. The van der Waals surface area contributed by atoms with Crippen molar-refractivity contribution in [3.05, 3.63) is 24.3 Å². The van der Waals surface area contributed by atoms with Crippen molar-refractivity contribution >= 4 is 17.8 Å². The molecule has 0 aliphatic heterocycles. The normalized spacial score (nSPS) is 12.9. The fourth-order valence-corrected chi connectivity index (χ4v) is 5.60. The lowest BCUT2D eigenvalue weighted by Crippen LogP contribution is -2.40. The summed E-state index contributed by atoms with van der Waals surface area (Å²) in [7, 11) is 0. The maximum atomic E-state index is 12.7. The van der Waals surface area contributed by atoms with Gasteiger partial charge in [-0.25, -0.2) is 4.79 Å². The molecule has 0 fully saturated rings. The third-order valence-electron chi connectivity index (χ3n) is 8.52. The Hall–Kier alpha value is -2.15. The number of rotatable bonds is 34. The second-order valence-corrected chi connectivity index (χ2v) is 13.0. The van der Waals surface area contributed by atoms with E-state index >= 15 is 0 Å². The van der Waals surface area contributed by atoms with E-state index in [0.29, 0.717) is 32.2 Å². The number of carboxylic acid groups (broad SMARTS) is 1. The Morgan fingerprint density at radius 3 is 1.76 bits per heavy atom. The van der Waals surface area contributed by atoms with E-state index in [2.05, 4.69) is 43.5 Å². The molecule has 0 heterocycles. The number of hydrogen-bond acceptors (Lipinski definition) is 5. The van der Waals surface area contributed by atoms with Gasteiger partial charge in [0, 0.05) is 12.8 Å². The Bertz CT molecular complexity index is 782. The first-order valence-electron chi connectivity index (χ1n) is 19.2. The highest BCUT2D eigenvalue weighted by Gasteiger charge is 2.19. The summed E-state index contributed by atoms with van der Waals surface area (Å²) in [5.74, 6) is -1.26. The molecule has 0 spiro atoms. The van der Waals surface area contributed by atoms with Crippen LogP contribution in [-0.4, -0.2) is 41.6 Å². The fourth-order valence-electron chi connectivity index (χ4n) is 5.60. The van der Waals surface area contributed by atoms with Crippen LogP contribution in [0.1, 0.15) is 187 Å². The maximum Gasteiger partial charge on any atom is 0.326 e. The van der Waals surface area contributed by atoms with Crippen molar-refractivity contribution in [3.8, 4) is 0 Å². The van der Waals surface area contributed by atoms with Crippen LogP contribution in [0.2, 0.25) is 0 Å². The summed E-state index contributed by atoms with van der Waals surface area (Å²) in [6.07, 6.45) is 36.4. The Balaban J connectivity index is 4.39. The van der Waals surface area contributed by atoms with Crippen molar-refractivity contribution in [2.45, 2.75) is 199 Å². The highest BCUT2D eigenvalue weighted by molar-refractivity contribution is 5.83. The van der Waals surface area contributed by atoms with E-state index in [4.69, 9.17) is 10.5 Å². The van der Waals surface area contributed by atoms with Crippen molar-refractivity contribution < 1.29 is 24.2 Å². The molecule has 0 aromatic carbocycles. The molecule has 0 radical (unpaired) electrons. The van der Waals surface area contributed by atoms with Crippen LogP contribution in [0.15, 0.2) is 24.3 Å². The molecule has 268 valence electrons. The monoisotopic (exact) mass is 649 g/mol. The van der Waals surface area contributed by atoms with Gasteiger partial charge in [-0.2, -0.15) is 0 Å². The van der Waals surface area contributed by atoms with Crippen LogP contribution in [-0.2, 0) is 19.1 Å². The van der Waals surface area contributed by atoms with Gasteiger partial charge in [0.25, 0.3) is 0 Å². The Morgan fingerprint density at radius 1 is 0.630 bits per heavy atom. The second kappa shape index (κ2) is 34.2. The van der Waals surface area contributed by atoms with Gasteiger partial charge < -0.3 is 20.9 Å². The number of ether oxygens (including phenoxy) is 1. The van der Waals surface area contributed by atoms with Crippen molar-refractivity contribution in [1.29, 1.82) is 0 Å². The van der Waals surface area contributed by atoms with Crippen LogP contribution in [0.4, 0.5) is 0 Å². The maximum absolute atomic E-state index is 12.7. The second-order valence-electron chi connectivity index (χ2n) is 13.0. The number of nitrogens with two attached hydrogens (primary N) is 1. The Labute approximate surface area is 283 Å². The smallest absolute Gasteiger partial charge is 0.326 e. The summed E-state index contributed by atoms with van der Waals surface area (Å²) in [5.41, 5.74) is 5.47. The number of amides is 1. The highest BCUT2D eigenvalue weighted by atomic mass is 16.5. The minimum atomic E-state index is -1.01. The molecule has 0 bridgehead atoms.